The first-order chi connectivity index (χ1) is 11.3. The fourth-order valence-electron chi connectivity index (χ4n) is 2.26. The SMILES string of the molecule is CCOc1ccc(C(=O)CCC(=O)N(C)CCC(N)C(C)C)cc1. The summed E-state index contributed by atoms with van der Waals surface area (Å²) in [5.74, 6) is 1.09. The second-order valence-electron chi connectivity index (χ2n) is 6.39. The maximum atomic E-state index is 12.2. The van der Waals surface area contributed by atoms with Crippen molar-refractivity contribution in [3.8, 4) is 5.75 Å². The summed E-state index contributed by atoms with van der Waals surface area (Å²) in [6, 6.07) is 7.12. The van der Waals surface area contributed by atoms with E-state index in [1.807, 2.05) is 6.92 Å². The maximum absolute atomic E-state index is 12.2. The summed E-state index contributed by atoms with van der Waals surface area (Å²) in [6.45, 7) is 7.27. The van der Waals surface area contributed by atoms with Gasteiger partial charge in [0, 0.05) is 38.0 Å². The first-order valence-corrected chi connectivity index (χ1v) is 8.60. The van der Waals surface area contributed by atoms with Gasteiger partial charge in [0.05, 0.1) is 6.61 Å². The summed E-state index contributed by atoms with van der Waals surface area (Å²) in [6.07, 6.45) is 1.21. The predicted molar refractivity (Wildman–Crippen MR) is 96.2 cm³/mol. The topological polar surface area (TPSA) is 72.6 Å². The van der Waals surface area contributed by atoms with Gasteiger partial charge in [0.25, 0.3) is 0 Å². The van der Waals surface area contributed by atoms with Crippen molar-refractivity contribution in [1.29, 1.82) is 0 Å². The van der Waals surface area contributed by atoms with Crippen LogP contribution in [-0.2, 0) is 4.79 Å². The van der Waals surface area contributed by atoms with Crippen LogP contribution in [0.25, 0.3) is 0 Å². The number of nitrogens with two attached hydrogens (primary N) is 1. The van der Waals surface area contributed by atoms with Gasteiger partial charge in [0.15, 0.2) is 5.78 Å². The maximum Gasteiger partial charge on any atom is 0.222 e. The summed E-state index contributed by atoms with van der Waals surface area (Å²) in [5.41, 5.74) is 6.60. The molecule has 1 unspecified atom stereocenters. The Morgan fingerprint density at radius 2 is 1.79 bits per heavy atom. The Morgan fingerprint density at radius 3 is 2.33 bits per heavy atom. The van der Waals surface area contributed by atoms with Crippen molar-refractivity contribution in [3.63, 3.8) is 0 Å². The molecule has 1 rings (SSSR count). The van der Waals surface area contributed by atoms with Crippen LogP contribution in [0.1, 0.15) is 50.4 Å². The van der Waals surface area contributed by atoms with Gasteiger partial charge in [-0.2, -0.15) is 0 Å². The van der Waals surface area contributed by atoms with E-state index in [-0.39, 0.29) is 30.6 Å². The molecule has 1 amide bonds. The van der Waals surface area contributed by atoms with Crippen LogP contribution in [0.15, 0.2) is 24.3 Å². The van der Waals surface area contributed by atoms with Gasteiger partial charge in [-0.1, -0.05) is 13.8 Å². The van der Waals surface area contributed by atoms with E-state index in [2.05, 4.69) is 13.8 Å². The number of ketones is 1. The molecule has 1 atom stereocenters. The molecule has 0 saturated heterocycles. The fraction of sp³-hybridized carbons (Fsp3) is 0.579. The summed E-state index contributed by atoms with van der Waals surface area (Å²) in [4.78, 5) is 25.9. The van der Waals surface area contributed by atoms with Crippen molar-refractivity contribution >= 4 is 11.7 Å². The van der Waals surface area contributed by atoms with Gasteiger partial charge in [-0.05, 0) is 43.5 Å². The van der Waals surface area contributed by atoms with Gasteiger partial charge >= 0.3 is 0 Å². The minimum absolute atomic E-state index is 0.0229. The molecule has 0 heterocycles. The van der Waals surface area contributed by atoms with Gasteiger partial charge < -0.3 is 15.4 Å². The third-order valence-corrected chi connectivity index (χ3v) is 4.13. The fourth-order valence-corrected chi connectivity index (χ4v) is 2.26. The Hall–Kier alpha value is -1.88. The molecule has 0 saturated carbocycles. The van der Waals surface area contributed by atoms with Crippen LogP contribution in [0, 0.1) is 5.92 Å². The first kappa shape index (κ1) is 20.2. The minimum atomic E-state index is -0.0290. The number of hydrogen-bond donors (Lipinski definition) is 1. The number of rotatable bonds is 10. The predicted octanol–water partition coefficient (Wildman–Crippen LogP) is 2.88. The molecule has 0 aliphatic carbocycles. The van der Waals surface area contributed by atoms with Crippen LogP contribution in [0.4, 0.5) is 0 Å². The highest BCUT2D eigenvalue weighted by Gasteiger charge is 2.15. The van der Waals surface area contributed by atoms with E-state index in [0.717, 1.165) is 12.2 Å². The monoisotopic (exact) mass is 334 g/mol. The average Bonchev–Trinajstić information content (AvgIpc) is 2.57. The van der Waals surface area contributed by atoms with E-state index >= 15 is 0 Å². The largest absolute Gasteiger partial charge is 0.494 e. The standard InChI is InChI=1S/C19H30N2O3/c1-5-24-16-8-6-15(7-9-16)18(22)10-11-19(23)21(4)13-12-17(20)14(2)3/h6-9,14,17H,5,10-13,20H2,1-4H3. The number of amides is 1. The minimum Gasteiger partial charge on any atom is -0.494 e. The van der Waals surface area contributed by atoms with Crippen molar-refractivity contribution in [2.45, 2.75) is 46.1 Å². The van der Waals surface area contributed by atoms with Crippen molar-refractivity contribution in [2.75, 3.05) is 20.2 Å². The zero-order valence-electron chi connectivity index (χ0n) is 15.2. The summed E-state index contributed by atoms with van der Waals surface area (Å²) in [5, 5.41) is 0. The van der Waals surface area contributed by atoms with Crippen LogP contribution in [0.3, 0.4) is 0 Å². The normalized spacial score (nSPS) is 12.1. The molecule has 1 aromatic carbocycles. The summed E-state index contributed by atoms with van der Waals surface area (Å²) >= 11 is 0. The molecule has 0 bridgehead atoms. The zero-order chi connectivity index (χ0) is 18.1. The van der Waals surface area contributed by atoms with E-state index < -0.39 is 0 Å². The smallest absolute Gasteiger partial charge is 0.222 e. The molecule has 134 valence electrons. The van der Waals surface area contributed by atoms with E-state index in [9.17, 15) is 9.59 Å². The quantitative estimate of drug-likeness (QED) is 0.668. The molecule has 1 aromatic rings. The molecule has 0 aliphatic rings. The van der Waals surface area contributed by atoms with Crippen molar-refractivity contribution in [3.05, 3.63) is 29.8 Å². The Balaban J connectivity index is 2.41. The van der Waals surface area contributed by atoms with Crippen LogP contribution in [0.5, 0.6) is 5.75 Å². The molecule has 0 spiro atoms. The lowest BCUT2D eigenvalue weighted by molar-refractivity contribution is -0.129. The highest BCUT2D eigenvalue weighted by Crippen LogP contribution is 2.14. The number of Topliss-reactive ketones (excluding diaryl/α,β-unsaturated/α-hetero) is 1. The highest BCUT2D eigenvalue weighted by atomic mass is 16.5. The zero-order valence-corrected chi connectivity index (χ0v) is 15.2. The molecule has 5 nitrogen and oxygen atoms in total. The Morgan fingerprint density at radius 1 is 1.17 bits per heavy atom. The van der Waals surface area contributed by atoms with Gasteiger partial charge in [0.2, 0.25) is 5.91 Å². The molecular formula is C19H30N2O3. The molecule has 2 N–H and O–H groups in total. The van der Waals surface area contributed by atoms with E-state index in [1.165, 1.54) is 0 Å². The van der Waals surface area contributed by atoms with Crippen LogP contribution >= 0.6 is 0 Å². The van der Waals surface area contributed by atoms with Crippen LogP contribution in [-0.4, -0.2) is 42.8 Å². The van der Waals surface area contributed by atoms with Gasteiger partial charge in [0.1, 0.15) is 5.75 Å². The molecule has 0 aromatic heterocycles. The summed E-state index contributed by atoms with van der Waals surface area (Å²) in [7, 11) is 1.76. The number of benzene rings is 1. The van der Waals surface area contributed by atoms with Gasteiger partial charge in [-0.3, -0.25) is 9.59 Å². The van der Waals surface area contributed by atoms with Gasteiger partial charge in [-0.15, -0.1) is 0 Å². The number of hydrogen-bond acceptors (Lipinski definition) is 4. The van der Waals surface area contributed by atoms with E-state index in [4.69, 9.17) is 10.5 Å². The van der Waals surface area contributed by atoms with Crippen LogP contribution < -0.4 is 10.5 Å². The lowest BCUT2D eigenvalue weighted by Gasteiger charge is -2.21. The third-order valence-electron chi connectivity index (χ3n) is 4.13. The van der Waals surface area contributed by atoms with E-state index in [0.29, 0.717) is 24.6 Å². The molecule has 0 aliphatic heterocycles. The third kappa shape index (κ3) is 6.71. The van der Waals surface area contributed by atoms with E-state index in [1.54, 1.807) is 36.2 Å². The molecular weight excluding hydrogens is 304 g/mol. The van der Waals surface area contributed by atoms with Crippen molar-refractivity contribution in [2.24, 2.45) is 11.7 Å². The van der Waals surface area contributed by atoms with Gasteiger partial charge in [-0.25, -0.2) is 0 Å². The number of carbonyl (C=O) groups is 2. The first-order valence-electron chi connectivity index (χ1n) is 8.60. The second-order valence-corrected chi connectivity index (χ2v) is 6.39. The highest BCUT2D eigenvalue weighted by molar-refractivity contribution is 5.98. The molecule has 24 heavy (non-hydrogen) atoms. The Labute approximate surface area is 145 Å². The van der Waals surface area contributed by atoms with Crippen LogP contribution in [0.2, 0.25) is 0 Å². The summed E-state index contributed by atoms with van der Waals surface area (Å²) < 4.78 is 5.35. The number of ether oxygens (including phenoxy) is 1. The molecule has 0 radical (unpaired) electrons. The lowest BCUT2D eigenvalue weighted by Crippen LogP contribution is -2.34. The Bertz CT molecular complexity index is 526. The number of nitrogens with zero attached hydrogens (tertiary/aromatic N) is 1. The molecule has 0 fully saturated rings. The Kier molecular flexibility index (Phi) is 8.47. The average molecular weight is 334 g/mol. The lowest BCUT2D eigenvalue weighted by atomic mass is 10.0. The van der Waals surface area contributed by atoms with Crippen molar-refractivity contribution in [1.82, 2.24) is 4.90 Å². The van der Waals surface area contributed by atoms with Crippen molar-refractivity contribution < 1.29 is 14.3 Å². The number of carbonyl (C=O) groups excluding carboxylic acids is 2. The molecule has 5 heteroatoms. The second kappa shape index (κ2) is 10.1.